The number of hydrogen-bond donors (Lipinski definition) is 3. The Morgan fingerprint density at radius 3 is 2.60 bits per heavy atom. The summed E-state index contributed by atoms with van der Waals surface area (Å²) in [5.74, 6) is -1.12. The summed E-state index contributed by atoms with van der Waals surface area (Å²) in [5, 5.41) is 17.5. The Bertz CT molecular complexity index is 404. The van der Waals surface area contributed by atoms with Gasteiger partial charge in [0.15, 0.2) is 0 Å². The van der Waals surface area contributed by atoms with Gasteiger partial charge in [0.2, 0.25) is 0 Å². The van der Waals surface area contributed by atoms with E-state index in [1.807, 2.05) is 0 Å². The highest BCUT2D eigenvalue weighted by molar-refractivity contribution is 5.85. The molecule has 0 amide bonds. The Kier molecular flexibility index (Phi) is 4.83. The molecule has 0 aromatic carbocycles. The zero-order valence-electron chi connectivity index (χ0n) is 7.66. The van der Waals surface area contributed by atoms with Gasteiger partial charge in [-0.25, -0.2) is 0 Å². The summed E-state index contributed by atoms with van der Waals surface area (Å²) in [6, 6.07) is 1.54. The summed E-state index contributed by atoms with van der Waals surface area (Å²) in [6.45, 7) is 0. The van der Waals surface area contributed by atoms with Crippen LogP contribution < -0.4 is 11.3 Å². The van der Waals surface area contributed by atoms with Crippen molar-refractivity contribution in [3.8, 4) is 0 Å². The largest absolute Gasteiger partial charge is 0.480 e. The molecule has 84 valence electrons. The van der Waals surface area contributed by atoms with Crippen molar-refractivity contribution in [1.29, 1.82) is 0 Å². The third kappa shape index (κ3) is 3.61. The van der Waals surface area contributed by atoms with Gasteiger partial charge in [0.05, 0.1) is 6.20 Å². The van der Waals surface area contributed by atoms with E-state index in [1.54, 1.807) is 0 Å². The van der Waals surface area contributed by atoms with Crippen LogP contribution in [0.15, 0.2) is 23.1 Å². The average Bonchev–Trinajstić information content (AvgIpc) is 2.11. The van der Waals surface area contributed by atoms with Gasteiger partial charge >= 0.3 is 5.97 Å². The number of halogens is 1. The highest BCUT2D eigenvalue weighted by Gasteiger charge is 2.12. The molecule has 0 aliphatic carbocycles. The molecule has 7 heteroatoms. The summed E-state index contributed by atoms with van der Waals surface area (Å²) in [6.07, 6.45) is 1.21. The lowest BCUT2D eigenvalue weighted by molar-refractivity contribution is -0.138. The molecule has 4 N–H and O–H groups in total. The molecular formula is C8H11ClN2O4. The van der Waals surface area contributed by atoms with Crippen molar-refractivity contribution in [2.24, 2.45) is 5.73 Å². The van der Waals surface area contributed by atoms with Crippen molar-refractivity contribution in [3.63, 3.8) is 0 Å². The van der Waals surface area contributed by atoms with Crippen LogP contribution in [-0.4, -0.2) is 27.1 Å². The van der Waals surface area contributed by atoms with Gasteiger partial charge in [0, 0.05) is 6.07 Å². The van der Waals surface area contributed by atoms with Gasteiger partial charge in [0.25, 0.3) is 5.56 Å². The van der Waals surface area contributed by atoms with Gasteiger partial charge in [-0.1, -0.05) is 6.07 Å². The lowest BCUT2D eigenvalue weighted by Gasteiger charge is -2.06. The molecule has 0 bridgehead atoms. The zero-order valence-corrected chi connectivity index (χ0v) is 8.48. The van der Waals surface area contributed by atoms with Crippen LogP contribution in [0.5, 0.6) is 0 Å². The van der Waals surface area contributed by atoms with Gasteiger partial charge in [-0.2, -0.15) is 4.73 Å². The first kappa shape index (κ1) is 13.5. The summed E-state index contributed by atoms with van der Waals surface area (Å²) in [5.41, 5.74) is 5.18. The zero-order chi connectivity index (χ0) is 10.7. The fourth-order valence-electron chi connectivity index (χ4n) is 0.980. The second kappa shape index (κ2) is 5.38. The molecule has 1 atom stereocenters. The van der Waals surface area contributed by atoms with Crippen molar-refractivity contribution in [2.45, 2.75) is 12.5 Å². The van der Waals surface area contributed by atoms with Crippen molar-refractivity contribution in [2.75, 3.05) is 0 Å². The second-order valence-electron chi connectivity index (χ2n) is 2.87. The number of carboxylic acid groups (broad SMARTS) is 1. The summed E-state index contributed by atoms with van der Waals surface area (Å²) in [4.78, 5) is 21.2. The highest BCUT2D eigenvalue weighted by Crippen LogP contribution is 1.99. The molecule has 0 radical (unpaired) electrons. The monoisotopic (exact) mass is 234 g/mol. The molecular weight excluding hydrogens is 224 g/mol. The standard InChI is InChI=1S/C8H10N2O4.ClH/c9-6(8(12)13)3-5-1-2-7(11)10(14)4-5;/h1-2,4,6,14H,3,9H2,(H,12,13);1H/t6-;/m0./s1. The molecule has 15 heavy (non-hydrogen) atoms. The fourth-order valence-corrected chi connectivity index (χ4v) is 0.980. The lowest BCUT2D eigenvalue weighted by Crippen LogP contribution is -2.32. The van der Waals surface area contributed by atoms with Crippen molar-refractivity contribution >= 4 is 18.4 Å². The predicted octanol–water partition coefficient (Wildman–Crippen LogP) is -0.538. The normalized spacial score (nSPS) is 11.5. The molecule has 6 nitrogen and oxygen atoms in total. The van der Waals surface area contributed by atoms with Crippen LogP contribution >= 0.6 is 12.4 Å². The number of aromatic nitrogens is 1. The number of carbonyl (C=O) groups is 1. The van der Waals surface area contributed by atoms with E-state index < -0.39 is 17.6 Å². The van der Waals surface area contributed by atoms with E-state index in [1.165, 1.54) is 6.07 Å². The maximum atomic E-state index is 10.8. The summed E-state index contributed by atoms with van der Waals surface area (Å²) >= 11 is 0. The first-order chi connectivity index (χ1) is 6.50. The quantitative estimate of drug-likeness (QED) is 0.609. The van der Waals surface area contributed by atoms with Crippen LogP contribution in [0.3, 0.4) is 0 Å². The van der Waals surface area contributed by atoms with Gasteiger partial charge in [-0.15, -0.1) is 12.4 Å². The van der Waals surface area contributed by atoms with E-state index in [4.69, 9.17) is 16.0 Å². The Hall–Kier alpha value is -1.53. The molecule has 0 aliphatic heterocycles. The summed E-state index contributed by atoms with van der Waals surface area (Å²) < 4.78 is 0.393. The highest BCUT2D eigenvalue weighted by atomic mass is 35.5. The Morgan fingerprint density at radius 2 is 2.13 bits per heavy atom. The first-order valence-electron chi connectivity index (χ1n) is 3.90. The number of rotatable bonds is 3. The molecule has 0 saturated carbocycles. The van der Waals surface area contributed by atoms with Crippen LogP contribution in [0.1, 0.15) is 5.56 Å². The van der Waals surface area contributed by atoms with Gasteiger partial charge < -0.3 is 16.0 Å². The third-order valence-corrected chi connectivity index (χ3v) is 1.73. The Morgan fingerprint density at radius 1 is 1.53 bits per heavy atom. The van der Waals surface area contributed by atoms with E-state index in [2.05, 4.69) is 0 Å². The Labute approximate surface area is 91.3 Å². The van der Waals surface area contributed by atoms with Gasteiger partial charge in [-0.3, -0.25) is 9.59 Å². The van der Waals surface area contributed by atoms with Crippen molar-refractivity contribution < 1.29 is 15.1 Å². The second-order valence-corrected chi connectivity index (χ2v) is 2.87. The molecule has 0 fully saturated rings. The van der Waals surface area contributed by atoms with E-state index in [-0.39, 0.29) is 18.8 Å². The van der Waals surface area contributed by atoms with Crippen LogP contribution in [-0.2, 0) is 11.2 Å². The number of nitrogens with zero attached hydrogens (tertiary/aromatic N) is 1. The molecule has 1 rings (SSSR count). The molecule has 0 spiro atoms. The van der Waals surface area contributed by atoms with Crippen LogP contribution in [0.4, 0.5) is 0 Å². The predicted molar refractivity (Wildman–Crippen MR) is 54.4 cm³/mol. The molecule has 0 aliphatic rings. The SMILES string of the molecule is Cl.N[C@@H](Cc1ccc(=O)n(O)c1)C(=O)O. The number of hydrogen-bond acceptors (Lipinski definition) is 4. The lowest BCUT2D eigenvalue weighted by atomic mass is 10.1. The number of nitrogens with two attached hydrogens (primary N) is 1. The molecule has 1 aromatic heterocycles. The maximum absolute atomic E-state index is 10.8. The molecule has 1 heterocycles. The minimum atomic E-state index is -1.12. The van der Waals surface area contributed by atoms with E-state index in [0.717, 1.165) is 12.3 Å². The average molecular weight is 235 g/mol. The molecule has 1 aromatic rings. The minimum absolute atomic E-state index is 0. The van der Waals surface area contributed by atoms with Crippen LogP contribution in [0.2, 0.25) is 0 Å². The van der Waals surface area contributed by atoms with E-state index >= 15 is 0 Å². The molecule has 0 saturated heterocycles. The fraction of sp³-hybridized carbons (Fsp3) is 0.250. The number of pyridine rings is 1. The minimum Gasteiger partial charge on any atom is -0.480 e. The first-order valence-corrected chi connectivity index (χ1v) is 3.90. The van der Waals surface area contributed by atoms with E-state index in [9.17, 15) is 9.59 Å². The topological polar surface area (TPSA) is 106 Å². The van der Waals surface area contributed by atoms with Crippen molar-refractivity contribution in [3.05, 3.63) is 34.2 Å². The Balaban J connectivity index is 0.00000196. The van der Waals surface area contributed by atoms with Crippen LogP contribution in [0, 0.1) is 0 Å². The van der Waals surface area contributed by atoms with Gasteiger partial charge in [-0.05, 0) is 12.0 Å². The van der Waals surface area contributed by atoms with E-state index in [0.29, 0.717) is 10.3 Å². The van der Waals surface area contributed by atoms with Crippen molar-refractivity contribution in [1.82, 2.24) is 4.73 Å². The number of carboxylic acids is 1. The number of aliphatic carboxylic acids is 1. The third-order valence-electron chi connectivity index (χ3n) is 1.73. The summed E-state index contributed by atoms with van der Waals surface area (Å²) in [7, 11) is 0. The maximum Gasteiger partial charge on any atom is 0.320 e. The molecule has 0 unspecified atom stereocenters. The smallest absolute Gasteiger partial charge is 0.320 e. The van der Waals surface area contributed by atoms with Crippen LogP contribution in [0.25, 0.3) is 0 Å². The van der Waals surface area contributed by atoms with Gasteiger partial charge in [0.1, 0.15) is 6.04 Å².